The minimum Gasteiger partial charge on any atom is -0.372 e. The lowest BCUT2D eigenvalue weighted by Gasteiger charge is -2.28. The molecule has 5 nitrogen and oxygen atoms in total. The summed E-state index contributed by atoms with van der Waals surface area (Å²) < 4.78 is 83.4. The van der Waals surface area contributed by atoms with Crippen LogP contribution in [-0.4, -0.2) is 42.1 Å². The molecule has 0 aliphatic carbocycles. The zero-order valence-corrected chi connectivity index (χ0v) is 18.3. The molecule has 0 spiro atoms. The molecule has 0 aromatic heterocycles. The number of hydrogen-bond donors (Lipinski definition) is 1. The van der Waals surface area contributed by atoms with Crippen molar-refractivity contribution in [2.45, 2.75) is 31.8 Å². The number of alkyl halides is 6. The molecule has 1 amide bonds. The van der Waals surface area contributed by atoms with E-state index < -0.39 is 57.4 Å². The maximum absolute atomic E-state index is 14.0. The summed E-state index contributed by atoms with van der Waals surface area (Å²) >= 11 is 0. The van der Waals surface area contributed by atoms with Gasteiger partial charge in [-0.3, -0.25) is 4.79 Å². The van der Waals surface area contributed by atoms with Gasteiger partial charge in [-0.05, 0) is 31.3 Å². The van der Waals surface area contributed by atoms with E-state index in [0.29, 0.717) is 25.2 Å². The summed E-state index contributed by atoms with van der Waals surface area (Å²) in [5.41, 5.74) is -9.14. The molecule has 11 heteroatoms. The van der Waals surface area contributed by atoms with Crippen molar-refractivity contribution in [2.75, 3.05) is 31.1 Å². The highest BCUT2D eigenvalue weighted by Crippen LogP contribution is 2.52. The monoisotopic (exact) mass is 485 g/mol. The minimum absolute atomic E-state index is 0.188. The molecule has 34 heavy (non-hydrogen) atoms. The third kappa shape index (κ3) is 4.23. The predicted molar refractivity (Wildman–Crippen MR) is 111 cm³/mol. The maximum atomic E-state index is 14.0. The molecular formula is C23H21F6N3O2. The molecule has 0 bridgehead atoms. The molecule has 2 aromatic carbocycles. The Bertz CT molecular complexity index is 1130. The molecule has 1 heterocycles. The zero-order chi connectivity index (χ0) is 25.5. The number of amides is 1. The highest BCUT2D eigenvalue weighted by molar-refractivity contribution is 6.10. The van der Waals surface area contributed by atoms with E-state index in [1.165, 1.54) is 0 Å². The fraction of sp³-hybridized carbons (Fsp3) is 0.391. The van der Waals surface area contributed by atoms with Crippen molar-refractivity contribution in [1.29, 1.82) is 5.26 Å². The van der Waals surface area contributed by atoms with E-state index in [-0.39, 0.29) is 13.1 Å². The minimum atomic E-state index is -5.16. The predicted octanol–water partition coefficient (Wildman–Crippen LogP) is 4.52. The summed E-state index contributed by atoms with van der Waals surface area (Å²) in [6, 6.07) is 6.50. The number of hydrogen-bond acceptors (Lipinski definition) is 4. The van der Waals surface area contributed by atoms with Gasteiger partial charge in [0.05, 0.1) is 28.4 Å². The van der Waals surface area contributed by atoms with Gasteiger partial charge in [-0.1, -0.05) is 32.0 Å². The van der Waals surface area contributed by atoms with E-state index in [2.05, 4.69) is 0 Å². The van der Waals surface area contributed by atoms with Gasteiger partial charge in [-0.25, -0.2) is 0 Å². The lowest BCUT2D eigenvalue weighted by Crippen LogP contribution is -2.45. The largest absolute Gasteiger partial charge is 0.416 e. The van der Waals surface area contributed by atoms with Gasteiger partial charge in [0.2, 0.25) is 0 Å². The van der Waals surface area contributed by atoms with Crippen LogP contribution in [0.2, 0.25) is 0 Å². The first-order valence-corrected chi connectivity index (χ1v) is 10.4. The molecule has 3 rings (SSSR count). The third-order valence-electron chi connectivity index (χ3n) is 5.92. The fourth-order valence-corrected chi connectivity index (χ4v) is 4.22. The first-order valence-electron chi connectivity index (χ1n) is 10.4. The summed E-state index contributed by atoms with van der Waals surface area (Å²) in [5, 5.41) is 20.8. The zero-order valence-electron chi connectivity index (χ0n) is 18.3. The van der Waals surface area contributed by atoms with Crippen molar-refractivity contribution in [2.24, 2.45) is 0 Å². The van der Waals surface area contributed by atoms with Gasteiger partial charge in [0, 0.05) is 24.2 Å². The Kier molecular flexibility index (Phi) is 6.70. The summed E-state index contributed by atoms with van der Waals surface area (Å²) in [6.07, 6.45) is -10.2. The fourth-order valence-electron chi connectivity index (χ4n) is 4.22. The van der Waals surface area contributed by atoms with Gasteiger partial charge in [-0.2, -0.15) is 31.6 Å². The Morgan fingerprint density at radius 2 is 1.62 bits per heavy atom. The van der Waals surface area contributed by atoms with Crippen LogP contribution in [0, 0.1) is 11.3 Å². The SMILES string of the molecule is CCN(CC)CCN1C(=O)C(O)(c2ccccc2C(F)(F)F)c2c1cc(C#N)cc2C(F)(F)F. The molecule has 1 unspecified atom stereocenters. The second kappa shape index (κ2) is 8.92. The molecule has 2 aromatic rings. The number of fused-ring (bicyclic) bond motifs is 1. The van der Waals surface area contributed by atoms with Gasteiger partial charge in [0.25, 0.3) is 5.91 Å². The lowest BCUT2D eigenvalue weighted by atomic mass is 9.81. The standard InChI is InChI=1S/C23H21F6N3O2/c1-3-31(4-2)9-10-32-18-12-14(13-30)11-17(23(27,28)29)19(18)21(34,20(32)33)15-7-5-6-8-16(15)22(24,25)26/h5-8,11-12,34H,3-4,9-10H2,1-2H3. The highest BCUT2D eigenvalue weighted by atomic mass is 19.4. The van der Waals surface area contributed by atoms with E-state index >= 15 is 0 Å². The van der Waals surface area contributed by atoms with Crippen LogP contribution in [0.5, 0.6) is 0 Å². The van der Waals surface area contributed by atoms with E-state index in [0.717, 1.165) is 29.2 Å². The van der Waals surface area contributed by atoms with Crippen molar-refractivity contribution in [3.05, 3.63) is 64.2 Å². The van der Waals surface area contributed by atoms with Crippen LogP contribution in [0.3, 0.4) is 0 Å². The van der Waals surface area contributed by atoms with E-state index in [9.17, 15) is 41.5 Å². The number of nitrogens with zero attached hydrogens (tertiary/aromatic N) is 3. The number of likely N-dealkylation sites (N-methyl/N-ethyl adjacent to an activating group) is 1. The van der Waals surface area contributed by atoms with E-state index in [1.807, 2.05) is 18.7 Å². The molecule has 1 aliphatic heterocycles. The maximum Gasteiger partial charge on any atom is 0.416 e. The van der Waals surface area contributed by atoms with Crippen LogP contribution in [0.15, 0.2) is 36.4 Å². The Balaban J connectivity index is 2.36. The van der Waals surface area contributed by atoms with Crippen molar-refractivity contribution < 1.29 is 36.2 Å². The van der Waals surface area contributed by atoms with Crippen LogP contribution in [0.1, 0.15) is 41.7 Å². The van der Waals surface area contributed by atoms with Gasteiger partial charge in [-0.15, -0.1) is 0 Å². The average molecular weight is 485 g/mol. The molecule has 0 saturated heterocycles. The van der Waals surface area contributed by atoms with Gasteiger partial charge < -0.3 is 14.9 Å². The molecular weight excluding hydrogens is 464 g/mol. The quantitative estimate of drug-likeness (QED) is 0.611. The molecule has 0 fully saturated rings. The molecule has 0 saturated carbocycles. The number of aliphatic hydroxyl groups is 1. The van der Waals surface area contributed by atoms with Gasteiger partial charge in [0.15, 0.2) is 5.60 Å². The first-order chi connectivity index (χ1) is 15.8. The van der Waals surface area contributed by atoms with Crippen molar-refractivity contribution >= 4 is 11.6 Å². The lowest BCUT2D eigenvalue weighted by molar-refractivity contribution is -0.145. The number of anilines is 1. The molecule has 1 aliphatic rings. The first kappa shape index (κ1) is 25.5. The third-order valence-corrected chi connectivity index (χ3v) is 5.92. The molecule has 182 valence electrons. The van der Waals surface area contributed by atoms with Gasteiger partial charge in [0.1, 0.15) is 0 Å². The molecule has 1 atom stereocenters. The summed E-state index contributed by atoms with van der Waals surface area (Å²) in [5.74, 6) is -1.34. The molecule has 0 radical (unpaired) electrons. The van der Waals surface area contributed by atoms with Crippen LogP contribution >= 0.6 is 0 Å². The normalized spacial score (nSPS) is 18.4. The van der Waals surface area contributed by atoms with Crippen LogP contribution in [-0.2, 0) is 22.7 Å². The number of carbonyl (C=O) groups is 1. The second-order valence-corrected chi connectivity index (χ2v) is 7.76. The summed E-state index contributed by atoms with van der Waals surface area (Å²) in [7, 11) is 0. The molecule has 1 N–H and O–H groups in total. The second-order valence-electron chi connectivity index (χ2n) is 7.76. The summed E-state index contributed by atoms with van der Waals surface area (Å²) in [6.45, 7) is 4.75. The van der Waals surface area contributed by atoms with Crippen molar-refractivity contribution in [3.8, 4) is 6.07 Å². The van der Waals surface area contributed by atoms with E-state index in [1.54, 1.807) is 6.07 Å². The van der Waals surface area contributed by atoms with Crippen molar-refractivity contribution in [1.82, 2.24) is 4.90 Å². The Hall–Kier alpha value is -3.10. The Morgan fingerprint density at radius 1 is 1.03 bits per heavy atom. The topological polar surface area (TPSA) is 67.6 Å². The Morgan fingerprint density at radius 3 is 2.15 bits per heavy atom. The highest BCUT2D eigenvalue weighted by Gasteiger charge is 2.58. The number of rotatable bonds is 6. The number of carbonyl (C=O) groups excluding carboxylic acids is 1. The smallest absolute Gasteiger partial charge is 0.372 e. The van der Waals surface area contributed by atoms with Crippen molar-refractivity contribution in [3.63, 3.8) is 0 Å². The van der Waals surface area contributed by atoms with Crippen LogP contribution < -0.4 is 4.90 Å². The number of halogens is 6. The Labute approximate surface area is 191 Å². The van der Waals surface area contributed by atoms with Crippen LogP contribution in [0.4, 0.5) is 32.0 Å². The summed E-state index contributed by atoms with van der Waals surface area (Å²) in [4.78, 5) is 16.2. The number of benzene rings is 2. The van der Waals surface area contributed by atoms with Gasteiger partial charge >= 0.3 is 12.4 Å². The van der Waals surface area contributed by atoms with E-state index in [4.69, 9.17) is 0 Å². The number of nitriles is 1. The average Bonchev–Trinajstić information content (AvgIpc) is 3.00. The van der Waals surface area contributed by atoms with Crippen LogP contribution in [0.25, 0.3) is 0 Å².